The maximum atomic E-state index is 6.39. The van der Waals surface area contributed by atoms with Crippen LogP contribution >= 0.6 is 23.2 Å². The number of nitrogens with zero attached hydrogens (tertiary/aromatic N) is 3. The standard InChI is InChI=1S/C17H15Cl2N3/c1-3-11-8-9-13(15(19)10-11)17-20-16(21-22(17)2)12-6-4-5-7-14(12)18/h4-10H,3H2,1-2H3. The number of halogens is 2. The van der Waals surface area contributed by atoms with Gasteiger partial charge in [-0.1, -0.05) is 48.3 Å². The zero-order valence-corrected chi connectivity index (χ0v) is 13.9. The molecule has 0 spiro atoms. The Balaban J connectivity index is 2.09. The van der Waals surface area contributed by atoms with Gasteiger partial charge in [-0.05, 0) is 36.2 Å². The molecule has 1 aromatic heterocycles. The zero-order valence-electron chi connectivity index (χ0n) is 12.3. The van der Waals surface area contributed by atoms with Crippen molar-refractivity contribution in [3.63, 3.8) is 0 Å². The molecule has 0 N–H and O–H groups in total. The number of hydrogen-bond acceptors (Lipinski definition) is 2. The van der Waals surface area contributed by atoms with Crippen LogP contribution in [0.25, 0.3) is 22.8 Å². The largest absolute Gasteiger partial charge is 0.248 e. The van der Waals surface area contributed by atoms with Crippen LogP contribution in [-0.4, -0.2) is 14.8 Å². The highest BCUT2D eigenvalue weighted by molar-refractivity contribution is 6.33. The first-order valence-corrected chi connectivity index (χ1v) is 7.80. The molecule has 1 heterocycles. The van der Waals surface area contributed by atoms with E-state index in [0.29, 0.717) is 15.9 Å². The Morgan fingerprint density at radius 2 is 1.77 bits per heavy atom. The van der Waals surface area contributed by atoms with Gasteiger partial charge in [0, 0.05) is 18.2 Å². The van der Waals surface area contributed by atoms with Crippen molar-refractivity contribution in [2.24, 2.45) is 7.05 Å². The predicted octanol–water partition coefficient (Wildman–Crippen LogP) is 5.02. The molecule has 3 nitrogen and oxygen atoms in total. The van der Waals surface area contributed by atoms with Gasteiger partial charge in [0.2, 0.25) is 0 Å². The van der Waals surface area contributed by atoms with E-state index in [1.165, 1.54) is 5.56 Å². The molecular weight excluding hydrogens is 317 g/mol. The molecule has 3 aromatic rings. The lowest BCUT2D eigenvalue weighted by Gasteiger charge is -2.05. The van der Waals surface area contributed by atoms with Crippen LogP contribution in [0.1, 0.15) is 12.5 Å². The van der Waals surface area contributed by atoms with Gasteiger partial charge in [-0.15, -0.1) is 0 Å². The van der Waals surface area contributed by atoms with E-state index in [4.69, 9.17) is 23.2 Å². The van der Waals surface area contributed by atoms with E-state index in [9.17, 15) is 0 Å². The third-order valence-electron chi connectivity index (χ3n) is 3.56. The van der Waals surface area contributed by atoms with E-state index in [-0.39, 0.29) is 0 Å². The highest BCUT2D eigenvalue weighted by Gasteiger charge is 2.15. The number of aromatic nitrogens is 3. The lowest BCUT2D eigenvalue weighted by molar-refractivity contribution is 0.777. The SMILES string of the molecule is CCc1ccc(-c2nc(-c3ccccc3Cl)nn2C)c(Cl)c1. The average Bonchev–Trinajstić information content (AvgIpc) is 2.89. The molecule has 0 amide bonds. The predicted molar refractivity (Wildman–Crippen MR) is 91.3 cm³/mol. The minimum Gasteiger partial charge on any atom is -0.248 e. The summed E-state index contributed by atoms with van der Waals surface area (Å²) in [6, 6.07) is 13.6. The van der Waals surface area contributed by atoms with Gasteiger partial charge in [0.25, 0.3) is 0 Å². The van der Waals surface area contributed by atoms with E-state index >= 15 is 0 Å². The zero-order chi connectivity index (χ0) is 15.7. The van der Waals surface area contributed by atoms with E-state index in [2.05, 4.69) is 23.1 Å². The van der Waals surface area contributed by atoms with E-state index in [0.717, 1.165) is 23.4 Å². The second kappa shape index (κ2) is 6.11. The van der Waals surface area contributed by atoms with Gasteiger partial charge in [0.05, 0.1) is 10.0 Å². The first-order valence-electron chi connectivity index (χ1n) is 7.05. The summed E-state index contributed by atoms with van der Waals surface area (Å²) in [7, 11) is 1.85. The minimum atomic E-state index is 0.596. The first-order chi connectivity index (χ1) is 10.6. The van der Waals surface area contributed by atoms with E-state index in [1.54, 1.807) is 4.68 Å². The fraction of sp³-hybridized carbons (Fsp3) is 0.176. The van der Waals surface area contributed by atoms with Crippen LogP contribution in [0.2, 0.25) is 10.0 Å². The molecule has 0 saturated heterocycles. The summed E-state index contributed by atoms with van der Waals surface area (Å²) in [6.45, 7) is 2.10. The van der Waals surface area contributed by atoms with Crippen molar-refractivity contribution >= 4 is 23.2 Å². The lowest BCUT2D eigenvalue weighted by atomic mass is 10.1. The van der Waals surface area contributed by atoms with Crippen molar-refractivity contribution in [1.82, 2.24) is 14.8 Å². The quantitative estimate of drug-likeness (QED) is 0.674. The number of aryl methyl sites for hydroxylation is 2. The van der Waals surface area contributed by atoms with Crippen molar-refractivity contribution in [2.45, 2.75) is 13.3 Å². The van der Waals surface area contributed by atoms with Crippen LogP contribution < -0.4 is 0 Å². The molecule has 112 valence electrons. The van der Waals surface area contributed by atoms with Gasteiger partial charge in [0.15, 0.2) is 11.6 Å². The Kier molecular flexibility index (Phi) is 4.19. The minimum absolute atomic E-state index is 0.596. The van der Waals surface area contributed by atoms with Gasteiger partial charge in [-0.25, -0.2) is 9.67 Å². The molecule has 0 fully saturated rings. The third kappa shape index (κ3) is 2.74. The Morgan fingerprint density at radius 3 is 2.45 bits per heavy atom. The normalized spacial score (nSPS) is 10.9. The maximum Gasteiger partial charge on any atom is 0.183 e. The number of benzene rings is 2. The van der Waals surface area contributed by atoms with Crippen LogP contribution in [0.3, 0.4) is 0 Å². The smallest absolute Gasteiger partial charge is 0.183 e. The molecule has 0 unspecified atom stereocenters. The molecule has 0 saturated carbocycles. The van der Waals surface area contributed by atoms with Crippen LogP contribution in [-0.2, 0) is 13.5 Å². The molecule has 2 aromatic carbocycles. The molecule has 0 aliphatic carbocycles. The van der Waals surface area contributed by atoms with Crippen molar-refractivity contribution in [3.05, 3.63) is 58.1 Å². The molecule has 5 heteroatoms. The average molecular weight is 332 g/mol. The fourth-order valence-corrected chi connectivity index (χ4v) is 2.84. The summed E-state index contributed by atoms with van der Waals surface area (Å²) in [5, 5.41) is 5.78. The second-order valence-corrected chi connectivity index (χ2v) is 5.84. The first kappa shape index (κ1) is 15.1. The van der Waals surface area contributed by atoms with E-state index < -0.39 is 0 Å². The van der Waals surface area contributed by atoms with Crippen molar-refractivity contribution in [3.8, 4) is 22.8 Å². The molecular formula is C17H15Cl2N3. The highest BCUT2D eigenvalue weighted by Crippen LogP contribution is 2.31. The molecule has 3 rings (SSSR count). The summed E-state index contributed by atoms with van der Waals surface area (Å²) in [5.74, 6) is 1.32. The Morgan fingerprint density at radius 1 is 1.00 bits per heavy atom. The molecule has 0 aliphatic heterocycles. The van der Waals surface area contributed by atoms with Gasteiger partial charge in [-0.2, -0.15) is 5.10 Å². The summed E-state index contributed by atoms with van der Waals surface area (Å²) >= 11 is 12.6. The Bertz CT molecular complexity index is 825. The van der Waals surface area contributed by atoms with Crippen molar-refractivity contribution < 1.29 is 0 Å². The van der Waals surface area contributed by atoms with Gasteiger partial charge in [-0.3, -0.25) is 0 Å². The Labute approximate surface area is 139 Å². The van der Waals surface area contributed by atoms with Crippen molar-refractivity contribution in [1.29, 1.82) is 0 Å². The highest BCUT2D eigenvalue weighted by atomic mass is 35.5. The fourth-order valence-electron chi connectivity index (χ4n) is 2.34. The van der Waals surface area contributed by atoms with Crippen LogP contribution in [0.5, 0.6) is 0 Å². The van der Waals surface area contributed by atoms with Gasteiger partial charge < -0.3 is 0 Å². The van der Waals surface area contributed by atoms with Gasteiger partial charge >= 0.3 is 0 Å². The summed E-state index contributed by atoms with van der Waals surface area (Å²) in [6.07, 6.45) is 0.948. The second-order valence-electron chi connectivity index (χ2n) is 5.03. The number of hydrogen-bond donors (Lipinski definition) is 0. The molecule has 0 aliphatic rings. The van der Waals surface area contributed by atoms with Crippen LogP contribution in [0.15, 0.2) is 42.5 Å². The maximum absolute atomic E-state index is 6.39. The molecule has 0 bridgehead atoms. The van der Waals surface area contributed by atoms with Gasteiger partial charge in [0.1, 0.15) is 0 Å². The lowest BCUT2D eigenvalue weighted by Crippen LogP contribution is -1.95. The summed E-state index contributed by atoms with van der Waals surface area (Å²) < 4.78 is 1.73. The topological polar surface area (TPSA) is 30.7 Å². The van der Waals surface area contributed by atoms with E-state index in [1.807, 2.05) is 43.4 Å². The van der Waals surface area contributed by atoms with Crippen LogP contribution in [0, 0.1) is 0 Å². The molecule has 22 heavy (non-hydrogen) atoms. The molecule has 0 radical (unpaired) electrons. The monoisotopic (exact) mass is 331 g/mol. The summed E-state index contributed by atoms with van der Waals surface area (Å²) in [4.78, 5) is 4.61. The van der Waals surface area contributed by atoms with Crippen molar-refractivity contribution in [2.75, 3.05) is 0 Å². The van der Waals surface area contributed by atoms with Crippen LogP contribution in [0.4, 0.5) is 0 Å². The summed E-state index contributed by atoms with van der Waals surface area (Å²) in [5.41, 5.74) is 2.88. The molecule has 0 atom stereocenters. The third-order valence-corrected chi connectivity index (χ3v) is 4.20. The Hall–Kier alpha value is -1.84. The number of rotatable bonds is 3.